The van der Waals surface area contributed by atoms with Gasteiger partial charge in [0.1, 0.15) is 0 Å². The van der Waals surface area contributed by atoms with Crippen molar-refractivity contribution in [2.45, 2.75) is 66.5 Å². The van der Waals surface area contributed by atoms with E-state index in [9.17, 15) is 38.4 Å². The first-order valence-corrected chi connectivity index (χ1v) is 29.1. The van der Waals surface area contributed by atoms with Crippen molar-refractivity contribution in [3.63, 3.8) is 0 Å². The van der Waals surface area contributed by atoms with Crippen LogP contribution in [-0.4, -0.2) is 48.8 Å². The van der Waals surface area contributed by atoms with Crippen LogP contribution in [0.1, 0.15) is 47.9 Å². The largest absolute Gasteiger partial charge is 0.379 e. The van der Waals surface area contributed by atoms with Crippen LogP contribution < -0.4 is 75.7 Å². The van der Waals surface area contributed by atoms with Gasteiger partial charge in [-0.3, -0.25) is 47.5 Å². The summed E-state index contributed by atoms with van der Waals surface area (Å²) in [6.07, 6.45) is 5.25. The van der Waals surface area contributed by atoms with E-state index in [2.05, 4.69) is 21.3 Å². The molecule has 1 aliphatic carbocycles. The smallest absolute Gasteiger partial charge is 0.263 e. The van der Waals surface area contributed by atoms with Crippen LogP contribution in [0, 0.1) is 27.7 Å². The molecule has 438 valence electrons. The second-order valence-corrected chi connectivity index (χ2v) is 22.2. The van der Waals surface area contributed by atoms with Gasteiger partial charge in [-0.15, -0.1) is 0 Å². The van der Waals surface area contributed by atoms with Crippen LogP contribution in [0.4, 0.5) is 45.5 Å². The average Bonchev–Trinajstić information content (AvgIpc) is 1.69. The van der Waals surface area contributed by atoms with E-state index >= 15 is 0 Å². The van der Waals surface area contributed by atoms with E-state index in [-0.39, 0.29) is 153 Å². The number of nitrogens with zero attached hydrogens (tertiary/aromatic N) is 2. The highest BCUT2D eigenvalue weighted by Crippen LogP contribution is 2.40. The highest BCUT2D eigenvalue weighted by Gasteiger charge is 2.30. The molecule has 0 spiro atoms. The van der Waals surface area contributed by atoms with Gasteiger partial charge in [0.05, 0.1) is 92.3 Å². The molecule has 0 amide bonds. The molecule has 0 aliphatic heterocycles. The maximum atomic E-state index is 14.7. The third-order valence-corrected chi connectivity index (χ3v) is 16.2. The van der Waals surface area contributed by atoms with Gasteiger partial charge in [-0.2, -0.15) is 0 Å². The minimum absolute atomic E-state index is 0.000789. The van der Waals surface area contributed by atoms with Gasteiger partial charge in [0.25, 0.3) is 22.2 Å². The Labute approximate surface area is 496 Å². The summed E-state index contributed by atoms with van der Waals surface area (Å²) in [5, 5.41) is 14.2. The van der Waals surface area contributed by atoms with E-state index in [1.807, 2.05) is 100 Å². The predicted molar refractivity (Wildman–Crippen MR) is 348 cm³/mol. The van der Waals surface area contributed by atoms with Crippen LogP contribution in [0.5, 0.6) is 0 Å². The molecule has 12 rings (SSSR count). The molecular weight excluding hydrogens is 1100 g/mol. The summed E-state index contributed by atoms with van der Waals surface area (Å²) in [6, 6.07) is 36.1. The van der Waals surface area contributed by atoms with Crippen LogP contribution in [0.25, 0.3) is 66.0 Å². The molecule has 1 aliphatic rings. The zero-order valence-electron chi connectivity index (χ0n) is 48.6. The Hall–Kier alpha value is -9.94. The Morgan fingerprint density at radius 1 is 0.333 bits per heavy atom. The van der Waals surface area contributed by atoms with Crippen LogP contribution in [0.3, 0.4) is 0 Å². The van der Waals surface area contributed by atoms with Crippen molar-refractivity contribution in [3.05, 3.63) is 236 Å². The monoisotopic (exact) mass is 1160 g/mol. The van der Waals surface area contributed by atoms with Crippen molar-refractivity contribution >= 4 is 112 Å². The fourth-order valence-electron chi connectivity index (χ4n) is 11.7. The lowest BCUT2D eigenvalue weighted by Crippen LogP contribution is -2.49. The van der Waals surface area contributed by atoms with Gasteiger partial charge in [-0.1, -0.05) is 107 Å². The molecule has 0 saturated carbocycles. The molecule has 4 N–H and O–H groups in total. The summed E-state index contributed by atoms with van der Waals surface area (Å²) < 4.78 is 19.8. The van der Waals surface area contributed by atoms with Crippen molar-refractivity contribution in [1.29, 1.82) is 0 Å². The number of anilines is 8. The van der Waals surface area contributed by atoms with E-state index in [1.165, 1.54) is 0 Å². The fraction of sp³-hybridized carbons (Fsp3) is 0.229. The zero-order chi connectivity index (χ0) is 60.6. The summed E-state index contributed by atoms with van der Waals surface area (Å²) in [4.78, 5) is 117. The molecule has 0 saturated heterocycles. The van der Waals surface area contributed by atoms with Crippen molar-refractivity contribution in [3.8, 4) is 0 Å². The fourth-order valence-corrected chi connectivity index (χ4v) is 11.7. The van der Waals surface area contributed by atoms with Crippen LogP contribution in [-0.2, 0) is 27.3 Å². The lowest BCUT2D eigenvalue weighted by molar-refractivity contribution is 0.0128. The van der Waals surface area contributed by atoms with Gasteiger partial charge >= 0.3 is 0 Å². The number of fused-ring (bicyclic) bond motifs is 6. The van der Waals surface area contributed by atoms with Gasteiger partial charge < -0.3 is 35.5 Å². The van der Waals surface area contributed by atoms with Gasteiger partial charge in [0.15, 0.2) is 21.7 Å². The molecule has 0 unspecified atom stereocenters. The molecule has 0 bridgehead atoms. The molecule has 9 aromatic carbocycles. The highest BCUT2D eigenvalue weighted by atomic mass is 16.5. The Kier molecular flexibility index (Phi) is 16.0. The van der Waals surface area contributed by atoms with Gasteiger partial charge in [0.2, 0.25) is 0 Å². The number of aryl methyl sites for hydroxylation is 4. The van der Waals surface area contributed by atoms with E-state index in [0.717, 1.165) is 31.4 Å². The first-order valence-electron chi connectivity index (χ1n) is 29.1. The van der Waals surface area contributed by atoms with Crippen molar-refractivity contribution in [2.24, 2.45) is 0 Å². The average molecular weight is 1160 g/mol. The molecule has 17 nitrogen and oxygen atoms in total. The van der Waals surface area contributed by atoms with Gasteiger partial charge in [0, 0.05) is 70.3 Å². The number of rotatable bonds is 22. The highest BCUT2D eigenvalue weighted by molar-refractivity contribution is 6.23. The third kappa shape index (κ3) is 10.9. The normalized spacial score (nSPS) is 12.3. The summed E-state index contributed by atoms with van der Waals surface area (Å²) in [5.41, 5.74) is 2.41. The van der Waals surface area contributed by atoms with E-state index in [4.69, 9.17) is 14.2 Å². The number of nitrogens with one attached hydrogen (secondary N) is 4. The maximum Gasteiger partial charge on any atom is 0.263 e. The number of ether oxygens (including phenoxy) is 3. The van der Waals surface area contributed by atoms with Crippen LogP contribution in [0.2, 0.25) is 0 Å². The molecule has 2 aromatic heterocycles. The Morgan fingerprint density at radius 3 is 0.885 bits per heavy atom. The minimum Gasteiger partial charge on any atom is -0.379 e. The second kappa shape index (κ2) is 24.2. The van der Waals surface area contributed by atoms with Gasteiger partial charge in [-0.05, 0) is 102 Å². The number of hydrogen-bond donors (Lipinski definition) is 4. The molecule has 17 heteroatoms. The minimum atomic E-state index is -0.617. The number of benzene rings is 9. The second-order valence-electron chi connectivity index (χ2n) is 22.2. The first-order chi connectivity index (χ1) is 42.2. The van der Waals surface area contributed by atoms with Crippen LogP contribution >= 0.6 is 0 Å². The van der Waals surface area contributed by atoms with E-state index < -0.39 is 44.0 Å². The van der Waals surface area contributed by atoms with E-state index in [1.54, 1.807) is 60.7 Å². The van der Waals surface area contributed by atoms with Gasteiger partial charge in [-0.25, -0.2) is 0 Å². The Morgan fingerprint density at radius 2 is 0.598 bits per heavy atom. The van der Waals surface area contributed by atoms with Crippen molar-refractivity contribution < 1.29 is 14.2 Å². The summed E-state index contributed by atoms with van der Waals surface area (Å²) in [7, 11) is 0. The molecule has 2 heterocycles. The molecular formula is C70H62N6O11. The topological polar surface area (TPSA) is 222 Å². The van der Waals surface area contributed by atoms with Crippen molar-refractivity contribution in [1.82, 2.24) is 9.13 Å². The molecule has 0 atom stereocenters. The summed E-state index contributed by atoms with van der Waals surface area (Å²) in [6.45, 7) is 8.91. The number of hydrogen-bond acceptors (Lipinski definition) is 15. The molecule has 0 radical (unpaired) electrons. The van der Waals surface area contributed by atoms with E-state index in [0.29, 0.717) is 35.6 Å². The quantitative estimate of drug-likeness (QED) is 0.0283. The number of aromatic nitrogens is 2. The first kappa shape index (κ1) is 57.5. The lowest BCUT2D eigenvalue weighted by atomic mass is 9.95. The molecule has 87 heavy (non-hydrogen) atoms. The third-order valence-electron chi connectivity index (χ3n) is 16.2. The zero-order valence-corrected chi connectivity index (χ0v) is 48.6. The molecule has 0 fully saturated rings. The maximum absolute atomic E-state index is 14.7. The predicted octanol–water partition coefficient (Wildman–Crippen LogP) is 8.78. The Bertz CT molecular complexity index is 4820. The summed E-state index contributed by atoms with van der Waals surface area (Å²) >= 11 is 0. The summed E-state index contributed by atoms with van der Waals surface area (Å²) in [5.74, 6) is 0. The molecule has 11 aromatic rings. The standard InChI is InChI=1S/C70H62N6O11/c1-39-15-23-43(24-16-39)71-59-51-52(64(78)48-12-6-5-11-47(48)63(51)77)60(72-44-25-17-40(2)18-26-44)56-55(59)67(81)75(68(56)82)31-9-33-85-35-37-87-38-36-86-34-10-32-76-69(83)57-58(70(76)84)62(74-46-29-21-42(4)22-30-46)54-53(61(57)73-45-27-19-41(3)20-28-45)65(79)49-13-7-8-14-50(49)66(54)80/h5-6,11-30,71-74H,7-10,31-38H2,1-4H3. The Balaban J connectivity index is 0.722. The lowest BCUT2D eigenvalue weighted by Gasteiger charge is -2.16. The van der Waals surface area contributed by atoms with Crippen LogP contribution in [0.15, 0.2) is 160 Å². The van der Waals surface area contributed by atoms with Crippen molar-refractivity contribution in [2.75, 3.05) is 60.9 Å². The SMILES string of the molecule is Cc1ccc(Nc2c3c(=O)c4c(c(=O)c3c(Nc3ccc(C)cc3)c3c(=O)n(CCCOCCOCCOCCCn5c(=O)c6c(Nc7ccc(C)cc7)c7c(=O)c8ccccc8c(=O)c7c(Nc7ccc(C)cc7)c6c5=O)c(=O)c23)=CCCC=4)cc1.